The molecule has 0 aromatic heterocycles. The van der Waals surface area contributed by atoms with Crippen LogP contribution in [0.3, 0.4) is 0 Å². The molecule has 2 unspecified atom stereocenters. The van der Waals surface area contributed by atoms with E-state index in [1.807, 2.05) is 23.1 Å². The van der Waals surface area contributed by atoms with Gasteiger partial charge in [0.05, 0.1) is 28.5 Å². The first-order valence-corrected chi connectivity index (χ1v) is 20.6. The van der Waals surface area contributed by atoms with Crippen LogP contribution in [0.5, 0.6) is 5.75 Å². The molecule has 1 saturated carbocycles. The number of carbonyl (C=O) groups is 5. The summed E-state index contributed by atoms with van der Waals surface area (Å²) in [5, 5.41) is 11.8. The molecule has 4 heterocycles. The molecule has 0 bridgehead atoms. The summed E-state index contributed by atoms with van der Waals surface area (Å²) in [7, 11) is 0. The van der Waals surface area contributed by atoms with Gasteiger partial charge in [-0.2, -0.15) is 5.26 Å². The number of hydrogen-bond acceptors (Lipinski definition) is 10. The Morgan fingerprint density at radius 3 is 2.25 bits per heavy atom. The Bertz CT molecular complexity index is 2200. The molecular formula is C44H45ClN6O6. The van der Waals surface area contributed by atoms with Crippen molar-refractivity contribution in [3.8, 4) is 11.8 Å². The molecule has 57 heavy (non-hydrogen) atoms. The molecule has 0 spiro atoms. The number of amides is 3. The molecule has 6 aliphatic rings. The van der Waals surface area contributed by atoms with Gasteiger partial charge >= 0.3 is 0 Å². The number of ether oxygens (including phenoxy) is 1. The first kappa shape index (κ1) is 37.3. The zero-order valence-corrected chi connectivity index (χ0v) is 32.5. The third kappa shape index (κ3) is 7.16. The first-order valence-electron chi connectivity index (χ1n) is 20.2. The predicted octanol–water partition coefficient (Wildman–Crippen LogP) is 5.25. The lowest BCUT2D eigenvalue weighted by Crippen LogP contribution is -2.48. The Hall–Kier alpha value is -5.25. The summed E-state index contributed by atoms with van der Waals surface area (Å²) in [4.78, 5) is 73.6. The van der Waals surface area contributed by atoms with Gasteiger partial charge in [0.15, 0.2) is 11.6 Å². The van der Waals surface area contributed by atoms with Crippen molar-refractivity contribution in [1.29, 1.82) is 5.26 Å². The average Bonchev–Trinajstić information content (AvgIpc) is 3.89. The van der Waals surface area contributed by atoms with Crippen LogP contribution in [0.2, 0.25) is 5.02 Å². The van der Waals surface area contributed by atoms with Gasteiger partial charge in [0, 0.05) is 99.0 Å². The van der Waals surface area contributed by atoms with Gasteiger partial charge in [0.25, 0.3) is 5.91 Å². The second-order valence-corrected chi connectivity index (χ2v) is 16.9. The standard InChI is InChI=1S/C44H45ClN6O6/c45-38-21-33(6-1-27(38)22-46)57-32-7-2-29(3-8-32)51-25-28-19-30(4-9-34(28)44(51)56)49-17-15-48(16-18-49)23-26-13-14-50(24-26)31-5-10-35-37(20-31)42(54)40(41(35)53)36-11-12-39(52)47-43(36)55/h1,4-6,9-10,19-21,26,29,32,36,40H,2-3,7-8,11-18,23-25H2,(H,47,52,55)/t26-,29?,32?,36?,40?/m1/s1. The van der Waals surface area contributed by atoms with E-state index in [-0.39, 0.29) is 48.4 Å². The van der Waals surface area contributed by atoms with Crippen LogP contribution in [0.25, 0.3) is 0 Å². The first-order chi connectivity index (χ1) is 27.6. The zero-order chi connectivity index (χ0) is 39.4. The van der Waals surface area contributed by atoms with Crippen molar-refractivity contribution in [3.05, 3.63) is 87.4 Å². The Morgan fingerprint density at radius 1 is 0.772 bits per heavy atom. The minimum absolute atomic E-state index is 0.0519. The molecular weight excluding hydrogens is 744 g/mol. The number of nitrogens with one attached hydrogen (secondary N) is 1. The highest BCUT2D eigenvalue weighted by molar-refractivity contribution is 6.32. The van der Waals surface area contributed by atoms with Crippen molar-refractivity contribution in [2.45, 2.75) is 63.6 Å². The number of benzene rings is 3. The van der Waals surface area contributed by atoms with Crippen LogP contribution in [0.15, 0.2) is 54.6 Å². The van der Waals surface area contributed by atoms with Crippen LogP contribution in [0, 0.1) is 29.1 Å². The fourth-order valence-corrected chi connectivity index (χ4v) is 10.1. The van der Waals surface area contributed by atoms with Crippen molar-refractivity contribution in [2.24, 2.45) is 17.8 Å². The van der Waals surface area contributed by atoms with Gasteiger partial charge in [-0.05, 0) is 98.5 Å². The van der Waals surface area contributed by atoms with Crippen molar-refractivity contribution in [1.82, 2.24) is 15.1 Å². The number of piperidine rings is 1. The zero-order valence-electron chi connectivity index (χ0n) is 31.8. The van der Waals surface area contributed by atoms with Gasteiger partial charge in [0.2, 0.25) is 11.8 Å². The van der Waals surface area contributed by atoms with Crippen LogP contribution in [0.4, 0.5) is 11.4 Å². The lowest BCUT2D eigenvalue weighted by molar-refractivity contribution is -0.137. The fraction of sp³-hybridized carbons (Fsp3) is 0.455. The van der Waals surface area contributed by atoms with Crippen LogP contribution in [-0.4, -0.2) is 97.0 Å². The molecule has 294 valence electrons. The highest BCUT2D eigenvalue weighted by Crippen LogP contribution is 2.39. The number of imide groups is 1. The van der Waals surface area contributed by atoms with E-state index in [1.54, 1.807) is 24.3 Å². The van der Waals surface area contributed by atoms with E-state index in [0.717, 1.165) is 100 Å². The molecule has 3 aromatic rings. The van der Waals surface area contributed by atoms with Gasteiger partial charge in [-0.1, -0.05) is 11.6 Å². The van der Waals surface area contributed by atoms with Crippen LogP contribution in [-0.2, 0) is 16.1 Å². The summed E-state index contributed by atoms with van der Waals surface area (Å²) in [5.41, 5.74) is 5.18. The van der Waals surface area contributed by atoms with Crippen molar-refractivity contribution >= 4 is 52.3 Å². The number of piperazine rings is 1. The molecule has 4 aliphatic heterocycles. The number of hydrogen-bond donors (Lipinski definition) is 1. The molecule has 3 aromatic carbocycles. The number of ketones is 2. The van der Waals surface area contributed by atoms with E-state index in [1.165, 1.54) is 0 Å². The van der Waals surface area contributed by atoms with E-state index in [4.69, 9.17) is 21.6 Å². The molecule has 3 amide bonds. The van der Waals surface area contributed by atoms with E-state index >= 15 is 0 Å². The molecule has 9 rings (SSSR count). The summed E-state index contributed by atoms with van der Waals surface area (Å²) >= 11 is 6.20. The van der Waals surface area contributed by atoms with E-state index in [9.17, 15) is 24.0 Å². The number of fused-ring (bicyclic) bond motifs is 2. The van der Waals surface area contributed by atoms with Crippen molar-refractivity contribution in [2.75, 3.05) is 55.6 Å². The monoisotopic (exact) mass is 788 g/mol. The second kappa shape index (κ2) is 15.3. The Kier molecular flexibility index (Phi) is 9.99. The highest BCUT2D eigenvalue weighted by atomic mass is 35.5. The number of nitriles is 1. The molecule has 3 saturated heterocycles. The Balaban J connectivity index is 0.747. The molecule has 3 atom stereocenters. The largest absolute Gasteiger partial charge is 0.490 e. The van der Waals surface area contributed by atoms with Gasteiger partial charge in [0.1, 0.15) is 11.8 Å². The average molecular weight is 789 g/mol. The third-order valence-corrected chi connectivity index (χ3v) is 13.4. The molecule has 2 aliphatic carbocycles. The third-order valence-electron chi connectivity index (χ3n) is 13.1. The van der Waals surface area contributed by atoms with Crippen molar-refractivity contribution < 1.29 is 28.7 Å². The normalized spacial score (nSPS) is 26.4. The van der Waals surface area contributed by atoms with Gasteiger partial charge in [-0.15, -0.1) is 0 Å². The van der Waals surface area contributed by atoms with Crippen LogP contribution >= 0.6 is 11.6 Å². The number of anilines is 2. The number of rotatable bonds is 8. The summed E-state index contributed by atoms with van der Waals surface area (Å²) in [6.07, 6.45) is 4.89. The molecule has 1 N–H and O–H groups in total. The molecule has 13 heteroatoms. The van der Waals surface area contributed by atoms with E-state index < -0.39 is 17.7 Å². The number of carbonyl (C=O) groups excluding carboxylic acids is 5. The maximum Gasteiger partial charge on any atom is 0.254 e. The fourth-order valence-electron chi connectivity index (χ4n) is 9.91. The molecule has 4 fully saturated rings. The summed E-state index contributed by atoms with van der Waals surface area (Å²) in [5.74, 6) is -2.13. The van der Waals surface area contributed by atoms with Crippen LogP contribution < -0.4 is 19.9 Å². The number of nitrogens with zero attached hydrogens (tertiary/aromatic N) is 5. The van der Waals surface area contributed by atoms with E-state index in [2.05, 4.69) is 38.2 Å². The predicted molar refractivity (Wildman–Crippen MR) is 213 cm³/mol. The van der Waals surface area contributed by atoms with E-state index in [0.29, 0.717) is 39.9 Å². The quantitative estimate of drug-likeness (QED) is 0.238. The minimum Gasteiger partial charge on any atom is -0.490 e. The van der Waals surface area contributed by atoms with Gasteiger partial charge < -0.3 is 19.4 Å². The number of halogens is 1. The maximum absolute atomic E-state index is 13.5. The van der Waals surface area contributed by atoms with Gasteiger partial charge in [-0.3, -0.25) is 34.2 Å². The van der Waals surface area contributed by atoms with Gasteiger partial charge in [-0.25, -0.2) is 0 Å². The lowest BCUT2D eigenvalue weighted by Gasteiger charge is -2.37. The van der Waals surface area contributed by atoms with Crippen molar-refractivity contribution in [3.63, 3.8) is 0 Å². The molecule has 12 nitrogen and oxygen atoms in total. The Labute approximate surface area is 336 Å². The number of Topliss-reactive ketones (excluding diaryl/α,β-unsaturated/α-hetero) is 2. The summed E-state index contributed by atoms with van der Waals surface area (Å²) in [6.45, 7) is 7.10. The summed E-state index contributed by atoms with van der Waals surface area (Å²) < 4.78 is 6.18. The minimum atomic E-state index is -1.05. The summed E-state index contributed by atoms with van der Waals surface area (Å²) in [6, 6.07) is 19.2. The topological polar surface area (TPSA) is 143 Å². The van der Waals surface area contributed by atoms with Crippen LogP contribution in [0.1, 0.15) is 87.1 Å². The highest BCUT2D eigenvalue weighted by Gasteiger charge is 2.48. The lowest BCUT2D eigenvalue weighted by atomic mass is 9.82. The second-order valence-electron chi connectivity index (χ2n) is 16.5. The maximum atomic E-state index is 13.5. The SMILES string of the molecule is N#Cc1ccc(OC2CCC(N3Cc4cc(N5CCN(C[C@H]6CCN(c7ccc8c(c7)C(=O)C(C7CCC(=O)NC7=O)C8=O)C6)CC5)ccc4C3=O)CC2)cc1Cl. The molecule has 0 radical (unpaired) electrons. The smallest absolute Gasteiger partial charge is 0.254 e. The Morgan fingerprint density at radius 2 is 1.51 bits per heavy atom.